The zero-order valence-corrected chi connectivity index (χ0v) is 14.1. The van der Waals surface area contributed by atoms with Gasteiger partial charge in [-0.15, -0.1) is 0 Å². The third-order valence-electron chi connectivity index (χ3n) is 4.94. The average Bonchev–Trinajstić information content (AvgIpc) is 3.05. The Morgan fingerprint density at radius 3 is 2.52 bits per heavy atom. The largest absolute Gasteiger partial charge is 0.303 e. The first-order valence-corrected chi connectivity index (χ1v) is 9.28. The van der Waals surface area contributed by atoms with Gasteiger partial charge in [-0.2, -0.15) is 4.37 Å². The summed E-state index contributed by atoms with van der Waals surface area (Å²) in [6.45, 7) is 3.57. The number of aromatic nitrogens is 1. The summed E-state index contributed by atoms with van der Waals surface area (Å²) >= 11 is 1.65. The number of likely N-dealkylation sites (tertiary alicyclic amines) is 1. The lowest BCUT2D eigenvalue weighted by Crippen LogP contribution is -2.34. The number of rotatable bonds is 4. The van der Waals surface area contributed by atoms with Crippen LogP contribution in [0.25, 0.3) is 10.1 Å². The molecule has 0 saturated carbocycles. The van der Waals surface area contributed by atoms with Crippen LogP contribution in [0.1, 0.15) is 30.0 Å². The minimum Gasteiger partial charge on any atom is -0.303 e. The van der Waals surface area contributed by atoms with Gasteiger partial charge in [0.25, 0.3) is 0 Å². The van der Waals surface area contributed by atoms with Crippen molar-refractivity contribution in [3.05, 3.63) is 65.9 Å². The van der Waals surface area contributed by atoms with E-state index in [2.05, 4.69) is 59.5 Å². The predicted molar refractivity (Wildman–Crippen MR) is 98.2 cm³/mol. The SMILES string of the molecule is c1ccc(CCN2CCC(c3nsc4ccccc34)CC2)cc1. The van der Waals surface area contributed by atoms with E-state index in [0.717, 1.165) is 6.42 Å². The fraction of sp³-hybridized carbons (Fsp3) is 0.350. The molecule has 0 spiro atoms. The van der Waals surface area contributed by atoms with E-state index in [0.29, 0.717) is 5.92 Å². The summed E-state index contributed by atoms with van der Waals surface area (Å²) < 4.78 is 6.09. The van der Waals surface area contributed by atoms with Crippen LogP contribution in [0.3, 0.4) is 0 Å². The molecule has 1 saturated heterocycles. The van der Waals surface area contributed by atoms with Gasteiger partial charge in [0.1, 0.15) is 0 Å². The lowest BCUT2D eigenvalue weighted by Gasteiger charge is -2.31. The van der Waals surface area contributed by atoms with Crippen molar-refractivity contribution >= 4 is 21.6 Å². The number of hydrogen-bond acceptors (Lipinski definition) is 3. The summed E-state index contributed by atoms with van der Waals surface area (Å²) in [4.78, 5) is 2.61. The van der Waals surface area contributed by atoms with Gasteiger partial charge in [0.2, 0.25) is 0 Å². The number of hydrogen-bond donors (Lipinski definition) is 0. The number of piperidine rings is 1. The molecule has 0 amide bonds. The monoisotopic (exact) mass is 322 g/mol. The van der Waals surface area contributed by atoms with Gasteiger partial charge in [-0.05, 0) is 55.5 Å². The van der Waals surface area contributed by atoms with Crippen molar-refractivity contribution in [3.63, 3.8) is 0 Å². The normalized spacial score (nSPS) is 16.9. The van der Waals surface area contributed by atoms with E-state index in [1.54, 1.807) is 11.5 Å². The van der Waals surface area contributed by atoms with Crippen molar-refractivity contribution in [1.82, 2.24) is 9.27 Å². The molecule has 3 heteroatoms. The Balaban J connectivity index is 1.36. The van der Waals surface area contributed by atoms with E-state index in [-0.39, 0.29) is 0 Å². The summed E-state index contributed by atoms with van der Waals surface area (Å²) in [6.07, 6.45) is 3.64. The summed E-state index contributed by atoms with van der Waals surface area (Å²) in [6, 6.07) is 19.5. The second-order valence-electron chi connectivity index (χ2n) is 6.42. The molecule has 1 fully saturated rings. The van der Waals surface area contributed by atoms with Gasteiger partial charge in [-0.25, -0.2) is 0 Å². The first-order valence-electron chi connectivity index (χ1n) is 8.51. The lowest BCUT2D eigenvalue weighted by atomic mass is 9.91. The van der Waals surface area contributed by atoms with Crippen LogP contribution in [0.5, 0.6) is 0 Å². The van der Waals surface area contributed by atoms with E-state index >= 15 is 0 Å². The molecular formula is C20H22N2S. The molecule has 23 heavy (non-hydrogen) atoms. The zero-order valence-electron chi connectivity index (χ0n) is 13.3. The van der Waals surface area contributed by atoms with E-state index in [4.69, 9.17) is 4.37 Å². The summed E-state index contributed by atoms with van der Waals surface area (Å²) in [5.74, 6) is 0.638. The van der Waals surface area contributed by atoms with Crippen LogP contribution in [0.4, 0.5) is 0 Å². The summed E-state index contributed by atoms with van der Waals surface area (Å²) in [5.41, 5.74) is 2.79. The van der Waals surface area contributed by atoms with Crippen LogP contribution >= 0.6 is 11.5 Å². The maximum Gasteiger partial charge on any atom is 0.0652 e. The molecule has 1 aliphatic heterocycles. The van der Waals surface area contributed by atoms with Crippen molar-refractivity contribution in [3.8, 4) is 0 Å². The molecule has 2 heterocycles. The fourth-order valence-corrected chi connectivity index (χ4v) is 4.42. The van der Waals surface area contributed by atoms with Gasteiger partial charge >= 0.3 is 0 Å². The Bertz CT molecular complexity index is 757. The van der Waals surface area contributed by atoms with Crippen molar-refractivity contribution in [2.24, 2.45) is 0 Å². The first-order chi connectivity index (χ1) is 11.4. The minimum absolute atomic E-state index is 0.638. The predicted octanol–water partition coefficient (Wildman–Crippen LogP) is 4.72. The molecule has 3 aromatic rings. The molecule has 0 aliphatic carbocycles. The number of nitrogens with zero attached hydrogens (tertiary/aromatic N) is 2. The fourth-order valence-electron chi connectivity index (χ4n) is 3.56. The van der Waals surface area contributed by atoms with Crippen LogP contribution in [0.15, 0.2) is 54.6 Å². The molecule has 0 bridgehead atoms. The second kappa shape index (κ2) is 6.81. The quantitative estimate of drug-likeness (QED) is 0.691. The van der Waals surface area contributed by atoms with Crippen molar-refractivity contribution in [1.29, 1.82) is 0 Å². The molecule has 1 aromatic heterocycles. The highest BCUT2D eigenvalue weighted by Gasteiger charge is 2.23. The van der Waals surface area contributed by atoms with Gasteiger partial charge in [0.05, 0.1) is 10.4 Å². The van der Waals surface area contributed by atoms with Crippen LogP contribution in [-0.2, 0) is 6.42 Å². The number of fused-ring (bicyclic) bond motifs is 1. The van der Waals surface area contributed by atoms with Gasteiger partial charge in [-0.3, -0.25) is 0 Å². The third-order valence-corrected chi connectivity index (χ3v) is 5.78. The van der Waals surface area contributed by atoms with E-state index < -0.39 is 0 Å². The Morgan fingerprint density at radius 2 is 1.70 bits per heavy atom. The highest BCUT2D eigenvalue weighted by Crippen LogP contribution is 2.34. The second-order valence-corrected chi connectivity index (χ2v) is 7.22. The summed E-state index contributed by atoms with van der Waals surface area (Å²) in [7, 11) is 0. The Morgan fingerprint density at radius 1 is 0.957 bits per heavy atom. The van der Waals surface area contributed by atoms with Crippen LogP contribution in [-0.4, -0.2) is 28.9 Å². The molecule has 1 aliphatic rings. The molecule has 0 atom stereocenters. The molecular weight excluding hydrogens is 300 g/mol. The van der Waals surface area contributed by atoms with Crippen LogP contribution in [0, 0.1) is 0 Å². The molecule has 0 unspecified atom stereocenters. The van der Waals surface area contributed by atoms with Gasteiger partial charge in [0.15, 0.2) is 0 Å². The van der Waals surface area contributed by atoms with Gasteiger partial charge in [-0.1, -0.05) is 48.5 Å². The van der Waals surface area contributed by atoms with Crippen LogP contribution < -0.4 is 0 Å². The molecule has 2 nitrogen and oxygen atoms in total. The summed E-state index contributed by atoms with van der Waals surface area (Å²) in [5, 5.41) is 1.38. The zero-order chi connectivity index (χ0) is 15.5. The molecule has 0 radical (unpaired) electrons. The van der Waals surface area contributed by atoms with Crippen LogP contribution in [0.2, 0.25) is 0 Å². The topological polar surface area (TPSA) is 16.1 Å². The Labute approximate surface area is 141 Å². The molecule has 118 valence electrons. The smallest absolute Gasteiger partial charge is 0.0652 e. The van der Waals surface area contributed by atoms with Crippen molar-refractivity contribution in [2.45, 2.75) is 25.2 Å². The van der Waals surface area contributed by atoms with Crippen molar-refractivity contribution < 1.29 is 0 Å². The van der Waals surface area contributed by atoms with Gasteiger partial charge < -0.3 is 4.90 Å². The maximum atomic E-state index is 4.76. The Hall–Kier alpha value is -1.71. The Kier molecular flexibility index (Phi) is 4.40. The highest BCUT2D eigenvalue weighted by molar-refractivity contribution is 7.13. The molecule has 2 aromatic carbocycles. The van der Waals surface area contributed by atoms with E-state index in [9.17, 15) is 0 Å². The van der Waals surface area contributed by atoms with Crippen molar-refractivity contribution in [2.75, 3.05) is 19.6 Å². The molecule has 0 N–H and O–H groups in total. The van der Waals surface area contributed by atoms with E-state index in [1.807, 2.05) is 0 Å². The van der Waals surface area contributed by atoms with E-state index in [1.165, 1.54) is 53.8 Å². The number of benzene rings is 2. The first kappa shape index (κ1) is 14.9. The third kappa shape index (κ3) is 3.31. The average molecular weight is 322 g/mol. The molecule has 4 rings (SSSR count). The maximum absolute atomic E-state index is 4.76. The lowest BCUT2D eigenvalue weighted by molar-refractivity contribution is 0.214. The minimum atomic E-state index is 0.638. The standard InChI is InChI=1S/C20H22N2S/c1-2-6-16(7-3-1)10-13-22-14-11-17(12-15-22)20-18-8-4-5-9-19(18)23-21-20/h1-9,17H,10-15H2. The highest BCUT2D eigenvalue weighted by atomic mass is 32.1. The van der Waals surface area contributed by atoms with Gasteiger partial charge in [0, 0.05) is 17.8 Å².